The Kier molecular flexibility index (Phi) is 3.19. The monoisotopic (exact) mass is 253 g/mol. The molecular formula is C13H19NO4. The lowest BCUT2D eigenvalue weighted by Gasteiger charge is -2.53. The zero-order valence-corrected chi connectivity index (χ0v) is 10.4. The van der Waals surface area contributed by atoms with E-state index in [-0.39, 0.29) is 12.5 Å². The van der Waals surface area contributed by atoms with Gasteiger partial charge in [0.2, 0.25) is 5.91 Å². The summed E-state index contributed by atoms with van der Waals surface area (Å²) in [7, 11) is 0. The van der Waals surface area contributed by atoms with E-state index < -0.39 is 17.0 Å². The maximum atomic E-state index is 11.6. The molecule has 1 atom stereocenters. The molecule has 100 valence electrons. The van der Waals surface area contributed by atoms with Crippen molar-refractivity contribution in [1.82, 2.24) is 4.90 Å². The number of rotatable bonds is 3. The van der Waals surface area contributed by atoms with E-state index in [0.717, 1.165) is 6.42 Å². The Morgan fingerprint density at radius 2 is 1.89 bits per heavy atom. The van der Waals surface area contributed by atoms with Crippen molar-refractivity contribution in [1.29, 1.82) is 0 Å². The number of piperidine rings is 1. The van der Waals surface area contributed by atoms with Gasteiger partial charge >= 0.3 is 5.97 Å². The van der Waals surface area contributed by atoms with Crippen LogP contribution in [0.15, 0.2) is 12.7 Å². The molecule has 1 saturated carbocycles. The Balaban J connectivity index is 2.22. The second-order valence-corrected chi connectivity index (χ2v) is 5.34. The van der Waals surface area contributed by atoms with Gasteiger partial charge in [-0.1, -0.05) is 13.0 Å². The van der Waals surface area contributed by atoms with E-state index in [1.165, 1.54) is 11.0 Å². The summed E-state index contributed by atoms with van der Waals surface area (Å²) in [6.45, 7) is 4.09. The van der Waals surface area contributed by atoms with Gasteiger partial charge in [-0.2, -0.15) is 0 Å². The molecule has 1 aliphatic heterocycles. The first kappa shape index (κ1) is 13.1. The van der Waals surface area contributed by atoms with Crippen molar-refractivity contribution in [2.24, 2.45) is 5.41 Å². The normalized spacial score (nSPS) is 30.4. The van der Waals surface area contributed by atoms with Crippen molar-refractivity contribution in [2.45, 2.75) is 37.7 Å². The number of nitrogens with zero attached hydrogens (tertiary/aromatic N) is 1. The molecule has 0 aromatic carbocycles. The number of carbonyl (C=O) groups excluding carboxylic acids is 1. The maximum absolute atomic E-state index is 11.6. The van der Waals surface area contributed by atoms with Crippen LogP contribution in [0.3, 0.4) is 0 Å². The zero-order valence-electron chi connectivity index (χ0n) is 10.4. The van der Waals surface area contributed by atoms with Gasteiger partial charge in [0, 0.05) is 6.54 Å². The number of aliphatic carboxylic acids is 1. The molecule has 2 rings (SSSR count). The van der Waals surface area contributed by atoms with Crippen LogP contribution in [0.5, 0.6) is 0 Å². The Morgan fingerprint density at radius 3 is 2.33 bits per heavy atom. The van der Waals surface area contributed by atoms with Gasteiger partial charge in [-0.05, 0) is 31.8 Å². The van der Waals surface area contributed by atoms with Crippen LogP contribution in [-0.2, 0) is 9.59 Å². The molecule has 2 fully saturated rings. The number of β-amino-alcohol motifs (C(OH)–C–C–N with tert-alkyl or cyclic N) is 1. The van der Waals surface area contributed by atoms with Gasteiger partial charge in [0.05, 0.1) is 17.6 Å². The summed E-state index contributed by atoms with van der Waals surface area (Å²) in [6, 6.07) is 0. The first-order chi connectivity index (χ1) is 8.45. The summed E-state index contributed by atoms with van der Waals surface area (Å²) in [5.41, 5.74) is -2.36. The third-order valence-corrected chi connectivity index (χ3v) is 4.46. The zero-order chi connectivity index (χ0) is 13.4. The molecule has 2 N–H and O–H groups in total. The fourth-order valence-corrected chi connectivity index (χ4v) is 3.15. The topological polar surface area (TPSA) is 77.8 Å². The second-order valence-electron chi connectivity index (χ2n) is 5.34. The van der Waals surface area contributed by atoms with Crippen LogP contribution in [0.2, 0.25) is 0 Å². The van der Waals surface area contributed by atoms with E-state index in [1.807, 2.05) is 0 Å². The summed E-state index contributed by atoms with van der Waals surface area (Å²) >= 11 is 0. The molecule has 1 aliphatic carbocycles. The SMILES string of the molecule is C=CC(=O)N1CCCC(O)(C2(C(=O)O)CCC2)C1. The largest absolute Gasteiger partial charge is 0.481 e. The molecule has 0 aromatic rings. The van der Waals surface area contributed by atoms with Crippen molar-refractivity contribution in [3.05, 3.63) is 12.7 Å². The summed E-state index contributed by atoms with van der Waals surface area (Å²) in [5, 5.41) is 20.1. The molecular weight excluding hydrogens is 234 g/mol. The Hall–Kier alpha value is -1.36. The molecule has 1 heterocycles. The van der Waals surface area contributed by atoms with Crippen LogP contribution < -0.4 is 0 Å². The third-order valence-electron chi connectivity index (χ3n) is 4.46. The minimum Gasteiger partial charge on any atom is -0.481 e. The summed E-state index contributed by atoms with van der Waals surface area (Å²) < 4.78 is 0. The molecule has 0 radical (unpaired) electrons. The minimum atomic E-state index is -1.30. The van der Waals surface area contributed by atoms with Gasteiger partial charge in [-0.3, -0.25) is 9.59 Å². The lowest BCUT2D eigenvalue weighted by atomic mass is 9.56. The molecule has 0 aromatic heterocycles. The van der Waals surface area contributed by atoms with Crippen molar-refractivity contribution in [2.75, 3.05) is 13.1 Å². The molecule has 1 unspecified atom stereocenters. The van der Waals surface area contributed by atoms with E-state index in [4.69, 9.17) is 0 Å². The highest BCUT2D eigenvalue weighted by Crippen LogP contribution is 2.52. The van der Waals surface area contributed by atoms with Gasteiger partial charge < -0.3 is 15.1 Å². The van der Waals surface area contributed by atoms with Gasteiger partial charge in [-0.25, -0.2) is 0 Å². The number of hydrogen-bond acceptors (Lipinski definition) is 3. The van der Waals surface area contributed by atoms with Crippen LogP contribution in [0.25, 0.3) is 0 Å². The fraction of sp³-hybridized carbons (Fsp3) is 0.692. The van der Waals surface area contributed by atoms with Crippen molar-refractivity contribution in [3.63, 3.8) is 0 Å². The summed E-state index contributed by atoms with van der Waals surface area (Å²) in [4.78, 5) is 24.6. The lowest BCUT2D eigenvalue weighted by Crippen LogP contribution is -2.64. The molecule has 0 spiro atoms. The van der Waals surface area contributed by atoms with Crippen LogP contribution in [0, 0.1) is 5.41 Å². The van der Waals surface area contributed by atoms with Crippen LogP contribution in [-0.4, -0.2) is 45.7 Å². The molecule has 1 saturated heterocycles. The van der Waals surface area contributed by atoms with Crippen molar-refractivity contribution >= 4 is 11.9 Å². The second kappa shape index (κ2) is 4.39. The van der Waals surface area contributed by atoms with Crippen molar-refractivity contribution in [3.8, 4) is 0 Å². The number of carbonyl (C=O) groups is 2. The molecule has 5 heteroatoms. The number of amides is 1. The van der Waals surface area contributed by atoms with E-state index in [1.54, 1.807) is 0 Å². The standard InChI is InChI=1S/C13H19NO4/c1-2-10(15)14-8-4-7-13(18,9-14)12(11(16)17)5-3-6-12/h2,18H,1,3-9H2,(H,16,17). The average Bonchev–Trinajstić information content (AvgIpc) is 2.25. The Labute approximate surface area is 106 Å². The highest BCUT2D eigenvalue weighted by molar-refractivity contribution is 5.87. The highest BCUT2D eigenvalue weighted by atomic mass is 16.4. The van der Waals surface area contributed by atoms with E-state index >= 15 is 0 Å². The number of carboxylic acids is 1. The van der Waals surface area contributed by atoms with Crippen molar-refractivity contribution < 1.29 is 19.8 Å². The quantitative estimate of drug-likeness (QED) is 0.729. The number of aliphatic hydroxyl groups is 1. The van der Waals surface area contributed by atoms with E-state index in [2.05, 4.69) is 6.58 Å². The first-order valence-electron chi connectivity index (χ1n) is 6.32. The lowest BCUT2D eigenvalue weighted by molar-refractivity contribution is -0.196. The molecule has 1 amide bonds. The molecule has 2 aliphatic rings. The van der Waals surface area contributed by atoms with Crippen LogP contribution in [0.1, 0.15) is 32.1 Å². The molecule has 0 bridgehead atoms. The summed E-state index contributed by atoms with van der Waals surface area (Å²) in [6.07, 6.45) is 4.10. The number of likely N-dealkylation sites (tertiary alicyclic amines) is 1. The maximum Gasteiger partial charge on any atom is 0.312 e. The third kappa shape index (κ3) is 1.73. The van der Waals surface area contributed by atoms with E-state index in [0.29, 0.717) is 32.2 Å². The predicted octanol–water partition coefficient (Wildman–Crippen LogP) is 0.781. The van der Waals surface area contributed by atoms with Crippen LogP contribution >= 0.6 is 0 Å². The van der Waals surface area contributed by atoms with Gasteiger partial charge in [-0.15, -0.1) is 0 Å². The van der Waals surface area contributed by atoms with E-state index in [9.17, 15) is 19.8 Å². The number of carboxylic acid groups (broad SMARTS) is 1. The molecule has 18 heavy (non-hydrogen) atoms. The van der Waals surface area contributed by atoms with Crippen LogP contribution in [0.4, 0.5) is 0 Å². The average molecular weight is 253 g/mol. The fourth-order valence-electron chi connectivity index (χ4n) is 3.15. The van der Waals surface area contributed by atoms with Gasteiger partial charge in [0.1, 0.15) is 0 Å². The first-order valence-corrected chi connectivity index (χ1v) is 6.32. The predicted molar refractivity (Wildman–Crippen MR) is 64.9 cm³/mol. The Bertz CT molecular complexity index is 388. The molecule has 5 nitrogen and oxygen atoms in total. The minimum absolute atomic E-state index is 0.101. The highest BCUT2D eigenvalue weighted by Gasteiger charge is 2.60. The summed E-state index contributed by atoms with van der Waals surface area (Å²) in [5.74, 6) is -1.18. The van der Waals surface area contributed by atoms with Gasteiger partial charge in [0.15, 0.2) is 0 Å². The Morgan fingerprint density at radius 1 is 1.22 bits per heavy atom. The smallest absolute Gasteiger partial charge is 0.312 e. The number of hydrogen-bond donors (Lipinski definition) is 2. The van der Waals surface area contributed by atoms with Gasteiger partial charge in [0.25, 0.3) is 0 Å².